The lowest BCUT2D eigenvalue weighted by Crippen LogP contribution is -2.08. The summed E-state index contributed by atoms with van der Waals surface area (Å²) in [4.78, 5) is 9.04. The van der Waals surface area contributed by atoms with Gasteiger partial charge >= 0.3 is 0 Å². The van der Waals surface area contributed by atoms with E-state index in [1.165, 1.54) is 0 Å². The zero-order chi connectivity index (χ0) is 13.9. The second-order valence-electron chi connectivity index (χ2n) is 4.26. The SMILES string of the molecule is ClCCc1nc2cc(Br)cnc2n1Cc1cccnn1. The Balaban J connectivity index is 2.09. The standard InChI is InChI=1S/C13H11BrClN5/c14-9-6-11-13(16-7-9)20(12(18-11)3-4-15)8-10-2-1-5-17-19-10/h1-2,5-7H,3-4,8H2. The minimum absolute atomic E-state index is 0.519. The van der Waals surface area contributed by atoms with Crippen molar-refractivity contribution in [2.45, 2.75) is 13.0 Å². The molecular weight excluding hydrogens is 342 g/mol. The molecule has 3 heterocycles. The van der Waals surface area contributed by atoms with Crippen molar-refractivity contribution in [3.8, 4) is 0 Å². The summed E-state index contributed by atoms with van der Waals surface area (Å²) in [6.45, 7) is 0.588. The second kappa shape index (κ2) is 5.85. The lowest BCUT2D eigenvalue weighted by atomic mass is 10.3. The van der Waals surface area contributed by atoms with Crippen LogP contribution in [0.4, 0.5) is 0 Å². The zero-order valence-corrected chi connectivity index (χ0v) is 12.8. The molecule has 0 aromatic carbocycles. The molecule has 3 aromatic rings. The summed E-state index contributed by atoms with van der Waals surface area (Å²) < 4.78 is 2.94. The van der Waals surface area contributed by atoms with Crippen LogP contribution in [0.25, 0.3) is 11.2 Å². The molecule has 102 valence electrons. The van der Waals surface area contributed by atoms with Crippen LogP contribution in [-0.2, 0) is 13.0 Å². The Bertz CT molecular complexity index is 728. The number of aryl methyl sites for hydroxylation is 1. The predicted molar refractivity (Wildman–Crippen MR) is 80.8 cm³/mol. The van der Waals surface area contributed by atoms with E-state index < -0.39 is 0 Å². The van der Waals surface area contributed by atoms with Crippen LogP contribution in [0.5, 0.6) is 0 Å². The highest BCUT2D eigenvalue weighted by molar-refractivity contribution is 9.10. The van der Waals surface area contributed by atoms with E-state index in [1.807, 2.05) is 22.8 Å². The molecule has 0 radical (unpaired) electrons. The van der Waals surface area contributed by atoms with Gasteiger partial charge in [0.1, 0.15) is 11.3 Å². The lowest BCUT2D eigenvalue weighted by molar-refractivity contribution is 0.718. The summed E-state index contributed by atoms with van der Waals surface area (Å²) in [5.74, 6) is 1.43. The Morgan fingerprint density at radius 2 is 2.25 bits per heavy atom. The predicted octanol–water partition coefficient (Wildman–Crippen LogP) is 2.81. The van der Waals surface area contributed by atoms with Crippen LogP contribution in [0.2, 0.25) is 0 Å². The number of hydrogen-bond donors (Lipinski definition) is 0. The molecule has 5 nitrogen and oxygen atoms in total. The molecular formula is C13H11BrClN5. The number of alkyl halides is 1. The molecule has 0 aliphatic heterocycles. The van der Waals surface area contributed by atoms with Crippen LogP contribution in [-0.4, -0.2) is 30.6 Å². The maximum atomic E-state index is 5.86. The van der Waals surface area contributed by atoms with Gasteiger partial charge in [0.05, 0.1) is 12.2 Å². The van der Waals surface area contributed by atoms with E-state index >= 15 is 0 Å². The molecule has 3 aromatic heterocycles. The summed E-state index contributed by atoms with van der Waals surface area (Å²) in [5.41, 5.74) is 2.55. The molecule has 0 bridgehead atoms. The first-order chi connectivity index (χ1) is 9.78. The number of halogens is 2. The molecule has 0 aliphatic carbocycles. The molecule has 0 saturated heterocycles. The van der Waals surface area contributed by atoms with Crippen molar-refractivity contribution in [1.82, 2.24) is 24.7 Å². The largest absolute Gasteiger partial charge is 0.307 e. The van der Waals surface area contributed by atoms with Crippen LogP contribution in [0.15, 0.2) is 35.1 Å². The number of aromatic nitrogens is 5. The highest BCUT2D eigenvalue weighted by atomic mass is 79.9. The molecule has 20 heavy (non-hydrogen) atoms. The first-order valence-corrected chi connectivity index (χ1v) is 7.44. The second-order valence-corrected chi connectivity index (χ2v) is 5.56. The third-order valence-electron chi connectivity index (χ3n) is 2.90. The Kier molecular flexibility index (Phi) is 3.93. The summed E-state index contributed by atoms with van der Waals surface area (Å²) in [7, 11) is 0. The van der Waals surface area contributed by atoms with E-state index in [0.717, 1.165) is 27.2 Å². The molecule has 0 spiro atoms. The van der Waals surface area contributed by atoms with Gasteiger partial charge in [0, 0.05) is 29.2 Å². The van der Waals surface area contributed by atoms with Gasteiger partial charge in [-0.15, -0.1) is 11.6 Å². The number of nitrogens with zero attached hydrogens (tertiary/aromatic N) is 5. The van der Waals surface area contributed by atoms with E-state index in [4.69, 9.17) is 11.6 Å². The number of rotatable bonds is 4. The Morgan fingerprint density at radius 1 is 1.35 bits per heavy atom. The molecule has 0 amide bonds. The zero-order valence-electron chi connectivity index (χ0n) is 10.5. The van der Waals surface area contributed by atoms with E-state index in [0.29, 0.717) is 18.8 Å². The van der Waals surface area contributed by atoms with Crippen molar-refractivity contribution in [1.29, 1.82) is 0 Å². The van der Waals surface area contributed by atoms with Gasteiger partial charge in [-0.3, -0.25) is 0 Å². The molecule has 0 saturated carbocycles. The fourth-order valence-corrected chi connectivity index (χ4v) is 2.54. The summed E-state index contributed by atoms with van der Waals surface area (Å²) in [6, 6.07) is 5.75. The van der Waals surface area contributed by atoms with Crippen LogP contribution in [0.1, 0.15) is 11.5 Å². The smallest absolute Gasteiger partial charge is 0.160 e. The van der Waals surface area contributed by atoms with Crippen molar-refractivity contribution in [3.05, 3.63) is 46.6 Å². The summed E-state index contributed by atoms with van der Waals surface area (Å²) in [5, 5.41) is 8.01. The highest BCUT2D eigenvalue weighted by Crippen LogP contribution is 2.19. The van der Waals surface area contributed by atoms with Crippen molar-refractivity contribution >= 4 is 38.7 Å². The molecule has 7 heteroatoms. The van der Waals surface area contributed by atoms with Gasteiger partial charge < -0.3 is 4.57 Å². The average Bonchev–Trinajstić information content (AvgIpc) is 2.77. The van der Waals surface area contributed by atoms with Gasteiger partial charge in [-0.1, -0.05) is 0 Å². The third kappa shape index (κ3) is 2.66. The summed E-state index contributed by atoms with van der Waals surface area (Å²) in [6.07, 6.45) is 4.11. The Hall–Kier alpha value is -1.53. The first-order valence-electron chi connectivity index (χ1n) is 6.11. The van der Waals surface area contributed by atoms with Gasteiger partial charge in [0.2, 0.25) is 0 Å². The van der Waals surface area contributed by atoms with Gasteiger partial charge in [-0.25, -0.2) is 9.97 Å². The van der Waals surface area contributed by atoms with E-state index in [2.05, 4.69) is 36.1 Å². The minimum Gasteiger partial charge on any atom is -0.307 e. The first kappa shape index (κ1) is 13.5. The Morgan fingerprint density at radius 3 is 3.00 bits per heavy atom. The summed E-state index contributed by atoms with van der Waals surface area (Å²) >= 11 is 9.27. The normalized spacial score (nSPS) is 11.1. The maximum Gasteiger partial charge on any atom is 0.160 e. The monoisotopic (exact) mass is 351 g/mol. The number of fused-ring (bicyclic) bond motifs is 1. The van der Waals surface area contributed by atoms with Crippen LogP contribution in [0, 0.1) is 0 Å². The molecule has 0 N–H and O–H groups in total. The van der Waals surface area contributed by atoms with E-state index in [1.54, 1.807) is 12.4 Å². The lowest BCUT2D eigenvalue weighted by Gasteiger charge is -2.06. The number of hydrogen-bond acceptors (Lipinski definition) is 4. The minimum atomic E-state index is 0.519. The topological polar surface area (TPSA) is 56.5 Å². The Labute approximate surface area is 129 Å². The van der Waals surface area contributed by atoms with Crippen molar-refractivity contribution in [3.63, 3.8) is 0 Å². The molecule has 0 unspecified atom stereocenters. The maximum absolute atomic E-state index is 5.86. The molecule has 0 atom stereocenters. The van der Waals surface area contributed by atoms with Crippen molar-refractivity contribution < 1.29 is 0 Å². The fourth-order valence-electron chi connectivity index (χ4n) is 2.05. The molecule has 3 rings (SSSR count). The van der Waals surface area contributed by atoms with Crippen molar-refractivity contribution in [2.24, 2.45) is 0 Å². The van der Waals surface area contributed by atoms with Gasteiger partial charge in [-0.2, -0.15) is 10.2 Å². The van der Waals surface area contributed by atoms with Crippen molar-refractivity contribution in [2.75, 3.05) is 5.88 Å². The van der Waals surface area contributed by atoms with Gasteiger partial charge in [-0.05, 0) is 34.1 Å². The van der Waals surface area contributed by atoms with Crippen LogP contribution in [0.3, 0.4) is 0 Å². The van der Waals surface area contributed by atoms with E-state index in [-0.39, 0.29) is 0 Å². The van der Waals surface area contributed by atoms with Gasteiger partial charge in [0.25, 0.3) is 0 Å². The quantitative estimate of drug-likeness (QED) is 0.678. The van der Waals surface area contributed by atoms with Crippen LogP contribution >= 0.6 is 27.5 Å². The third-order valence-corrected chi connectivity index (χ3v) is 3.52. The fraction of sp³-hybridized carbons (Fsp3) is 0.231. The van der Waals surface area contributed by atoms with E-state index in [9.17, 15) is 0 Å². The molecule has 0 fully saturated rings. The average molecular weight is 353 g/mol. The highest BCUT2D eigenvalue weighted by Gasteiger charge is 2.12. The molecule has 0 aliphatic rings. The van der Waals surface area contributed by atoms with Crippen LogP contribution < -0.4 is 0 Å². The number of imidazole rings is 1. The van der Waals surface area contributed by atoms with Gasteiger partial charge in [0.15, 0.2) is 5.65 Å². The number of pyridine rings is 1.